The number of nitrogens with one attached hydrogen (secondary N) is 2. The van der Waals surface area contributed by atoms with Crippen molar-refractivity contribution in [3.8, 4) is 5.75 Å². The van der Waals surface area contributed by atoms with E-state index in [1.54, 1.807) is 13.0 Å². The molecule has 0 radical (unpaired) electrons. The molecule has 5 nitrogen and oxygen atoms in total. The van der Waals surface area contributed by atoms with Gasteiger partial charge in [-0.15, -0.1) is 0 Å². The van der Waals surface area contributed by atoms with Gasteiger partial charge in [-0.1, -0.05) is 6.07 Å². The summed E-state index contributed by atoms with van der Waals surface area (Å²) in [4.78, 5) is 11.9. The molecule has 1 aromatic rings. The summed E-state index contributed by atoms with van der Waals surface area (Å²) in [7, 11) is 0. The molecule has 2 atom stereocenters. The van der Waals surface area contributed by atoms with E-state index in [4.69, 9.17) is 0 Å². The Kier molecular flexibility index (Phi) is 3.54. The van der Waals surface area contributed by atoms with Gasteiger partial charge in [0, 0.05) is 6.54 Å². The number of aryl methyl sites for hydroxylation is 2. The third-order valence-electron chi connectivity index (χ3n) is 3.13. The topological polar surface area (TPSA) is 81.6 Å². The van der Waals surface area contributed by atoms with Gasteiger partial charge in [-0.25, -0.2) is 0 Å². The van der Waals surface area contributed by atoms with Crippen molar-refractivity contribution in [2.45, 2.75) is 32.4 Å². The zero-order valence-electron chi connectivity index (χ0n) is 10.5. The smallest absolute Gasteiger partial charge is 0.241 e. The Hall–Kier alpha value is -1.59. The number of aliphatic hydroxyl groups is 1. The summed E-state index contributed by atoms with van der Waals surface area (Å²) >= 11 is 0. The van der Waals surface area contributed by atoms with Crippen LogP contribution in [0.15, 0.2) is 12.1 Å². The van der Waals surface area contributed by atoms with Gasteiger partial charge < -0.3 is 20.8 Å². The number of anilines is 1. The van der Waals surface area contributed by atoms with Crippen molar-refractivity contribution in [2.75, 3.05) is 11.9 Å². The molecule has 98 valence electrons. The molecule has 0 spiro atoms. The number of amides is 1. The highest BCUT2D eigenvalue weighted by molar-refractivity contribution is 5.96. The van der Waals surface area contributed by atoms with Gasteiger partial charge in [0.05, 0.1) is 17.8 Å². The maximum absolute atomic E-state index is 11.9. The van der Waals surface area contributed by atoms with E-state index >= 15 is 0 Å². The number of phenols is 1. The fourth-order valence-corrected chi connectivity index (χ4v) is 2.19. The highest BCUT2D eigenvalue weighted by Crippen LogP contribution is 2.28. The number of phenolic OH excluding ortho intramolecular Hbond substituents is 1. The molecular weight excluding hydrogens is 232 g/mol. The van der Waals surface area contributed by atoms with Crippen LogP contribution in [0.2, 0.25) is 0 Å². The normalized spacial score (nSPS) is 23.1. The number of carbonyl (C=O) groups is 1. The maximum atomic E-state index is 11.9. The number of hydrogen-bond donors (Lipinski definition) is 4. The van der Waals surface area contributed by atoms with Gasteiger partial charge >= 0.3 is 0 Å². The molecule has 1 amide bonds. The zero-order valence-corrected chi connectivity index (χ0v) is 10.5. The third-order valence-corrected chi connectivity index (χ3v) is 3.13. The van der Waals surface area contributed by atoms with Crippen LogP contribution in [0.1, 0.15) is 17.5 Å². The van der Waals surface area contributed by atoms with Crippen molar-refractivity contribution in [2.24, 2.45) is 0 Å². The van der Waals surface area contributed by atoms with Crippen LogP contribution in [0.5, 0.6) is 5.75 Å². The fourth-order valence-electron chi connectivity index (χ4n) is 2.19. The average molecular weight is 250 g/mol. The lowest BCUT2D eigenvalue weighted by molar-refractivity contribution is -0.117. The minimum absolute atomic E-state index is 0.0903. The van der Waals surface area contributed by atoms with E-state index in [1.807, 2.05) is 13.0 Å². The summed E-state index contributed by atoms with van der Waals surface area (Å²) in [6.07, 6.45) is -0.0780. The van der Waals surface area contributed by atoms with Crippen LogP contribution in [0, 0.1) is 13.8 Å². The van der Waals surface area contributed by atoms with E-state index in [0.29, 0.717) is 18.7 Å². The highest BCUT2D eigenvalue weighted by atomic mass is 16.3. The van der Waals surface area contributed by atoms with Crippen molar-refractivity contribution in [3.63, 3.8) is 0 Å². The molecule has 1 aromatic carbocycles. The quantitative estimate of drug-likeness (QED) is 0.582. The Morgan fingerprint density at radius 2 is 2.17 bits per heavy atom. The van der Waals surface area contributed by atoms with E-state index in [-0.39, 0.29) is 11.7 Å². The second kappa shape index (κ2) is 4.96. The number of benzene rings is 1. The lowest BCUT2D eigenvalue weighted by Gasteiger charge is -2.14. The van der Waals surface area contributed by atoms with Gasteiger partial charge in [0.25, 0.3) is 0 Å². The van der Waals surface area contributed by atoms with E-state index in [2.05, 4.69) is 10.6 Å². The van der Waals surface area contributed by atoms with Gasteiger partial charge in [-0.3, -0.25) is 4.79 Å². The molecule has 1 fully saturated rings. The SMILES string of the molecule is Cc1cc(C)c(O)c(NC(=O)C2CC(O)CN2)c1. The van der Waals surface area contributed by atoms with Crippen LogP contribution >= 0.6 is 0 Å². The van der Waals surface area contributed by atoms with Crippen LogP contribution in [0.4, 0.5) is 5.69 Å². The lowest BCUT2D eigenvalue weighted by Crippen LogP contribution is -2.35. The molecule has 2 rings (SSSR count). The zero-order chi connectivity index (χ0) is 13.3. The molecule has 1 heterocycles. The number of β-amino-alcohol motifs (C(OH)–C–C–N with tert-alkyl or cyclic N) is 1. The first-order valence-corrected chi connectivity index (χ1v) is 6.00. The molecule has 2 unspecified atom stereocenters. The summed E-state index contributed by atoms with van der Waals surface area (Å²) in [5.74, 6) is -0.139. The first-order chi connectivity index (χ1) is 8.47. The number of carbonyl (C=O) groups excluding carboxylic acids is 1. The molecule has 1 aliphatic rings. The van der Waals surface area contributed by atoms with Crippen molar-refractivity contribution >= 4 is 11.6 Å². The van der Waals surface area contributed by atoms with Crippen molar-refractivity contribution < 1.29 is 15.0 Å². The van der Waals surface area contributed by atoms with Crippen LogP contribution in [0.3, 0.4) is 0 Å². The monoisotopic (exact) mass is 250 g/mol. The Balaban J connectivity index is 2.12. The van der Waals surface area contributed by atoms with Crippen molar-refractivity contribution in [1.29, 1.82) is 0 Å². The minimum atomic E-state index is -0.478. The number of aromatic hydroxyl groups is 1. The van der Waals surface area contributed by atoms with Gasteiger partial charge in [0.15, 0.2) is 0 Å². The van der Waals surface area contributed by atoms with E-state index in [1.165, 1.54) is 0 Å². The molecule has 5 heteroatoms. The van der Waals surface area contributed by atoms with Gasteiger partial charge in [-0.2, -0.15) is 0 Å². The van der Waals surface area contributed by atoms with Crippen molar-refractivity contribution in [3.05, 3.63) is 23.3 Å². The number of hydrogen-bond acceptors (Lipinski definition) is 4. The lowest BCUT2D eigenvalue weighted by atomic mass is 10.1. The highest BCUT2D eigenvalue weighted by Gasteiger charge is 2.28. The maximum Gasteiger partial charge on any atom is 0.241 e. The van der Waals surface area contributed by atoms with Gasteiger partial charge in [0.1, 0.15) is 5.75 Å². The fraction of sp³-hybridized carbons (Fsp3) is 0.462. The van der Waals surface area contributed by atoms with E-state index < -0.39 is 12.1 Å². The number of rotatable bonds is 2. The summed E-state index contributed by atoms with van der Waals surface area (Å²) in [6.45, 7) is 4.12. The molecule has 0 bridgehead atoms. The van der Waals surface area contributed by atoms with E-state index in [0.717, 1.165) is 11.1 Å². The average Bonchev–Trinajstić information content (AvgIpc) is 2.72. The third kappa shape index (κ3) is 2.63. The Morgan fingerprint density at radius 3 is 2.78 bits per heavy atom. The Labute approximate surface area is 106 Å². The second-order valence-electron chi connectivity index (χ2n) is 4.82. The summed E-state index contributed by atoms with van der Waals surface area (Å²) in [6, 6.07) is 3.17. The molecule has 4 N–H and O–H groups in total. The predicted octanol–water partition coefficient (Wildman–Crippen LogP) is 0.670. The van der Waals surface area contributed by atoms with Crippen LogP contribution in [-0.2, 0) is 4.79 Å². The largest absolute Gasteiger partial charge is 0.505 e. The molecule has 18 heavy (non-hydrogen) atoms. The molecule has 0 aliphatic carbocycles. The number of aliphatic hydroxyl groups excluding tert-OH is 1. The molecule has 0 saturated carbocycles. The van der Waals surface area contributed by atoms with Crippen LogP contribution in [-0.4, -0.2) is 34.8 Å². The molecule has 0 aromatic heterocycles. The Morgan fingerprint density at radius 1 is 1.44 bits per heavy atom. The Bertz CT molecular complexity index is 474. The van der Waals surface area contributed by atoms with Crippen molar-refractivity contribution in [1.82, 2.24) is 5.32 Å². The molecule has 1 aliphatic heterocycles. The van der Waals surface area contributed by atoms with Gasteiger partial charge in [-0.05, 0) is 37.5 Å². The molecular formula is C13H18N2O3. The minimum Gasteiger partial charge on any atom is -0.505 e. The summed E-state index contributed by atoms with van der Waals surface area (Å²) < 4.78 is 0. The molecule has 1 saturated heterocycles. The van der Waals surface area contributed by atoms with Crippen LogP contribution < -0.4 is 10.6 Å². The first kappa shape index (κ1) is 12.9. The van der Waals surface area contributed by atoms with E-state index in [9.17, 15) is 15.0 Å². The van der Waals surface area contributed by atoms with Crippen LogP contribution in [0.25, 0.3) is 0 Å². The second-order valence-corrected chi connectivity index (χ2v) is 4.82. The summed E-state index contributed by atoms with van der Waals surface area (Å²) in [5.41, 5.74) is 2.12. The van der Waals surface area contributed by atoms with Gasteiger partial charge in [0.2, 0.25) is 5.91 Å². The standard InChI is InChI=1S/C13H18N2O3/c1-7-3-8(2)12(17)10(4-7)15-13(18)11-5-9(16)6-14-11/h3-4,9,11,14,16-17H,5-6H2,1-2H3,(H,15,18). The predicted molar refractivity (Wildman–Crippen MR) is 68.6 cm³/mol. The summed E-state index contributed by atoms with van der Waals surface area (Å²) in [5, 5.41) is 24.9. The first-order valence-electron chi connectivity index (χ1n) is 6.00.